The van der Waals surface area contributed by atoms with Crippen molar-refractivity contribution in [1.29, 1.82) is 0 Å². The first-order valence-corrected chi connectivity index (χ1v) is 11.9. The maximum Gasteiger partial charge on any atom is 0.243 e. The number of rotatable bonds is 6. The minimum Gasteiger partial charge on any atom is -0.496 e. The van der Waals surface area contributed by atoms with Gasteiger partial charge in [-0.1, -0.05) is 37.5 Å². The number of amides is 2. The van der Waals surface area contributed by atoms with E-state index in [0.29, 0.717) is 6.54 Å². The maximum absolute atomic E-state index is 13.7. The number of hydrogen-bond acceptors (Lipinski definition) is 3. The minimum absolute atomic E-state index is 0.00765. The molecule has 0 bridgehead atoms. The molecule has 4 rings (SSSR count). The Hall–Kier alpha value is -2.76. The molecule has 2 amide bonds. The summed E-state index contributed by atoms with van der Waals surface area (Å²) in [7, 11) is 1.66. The van der Waals surface area contributed by atoms with Gasteiger partial charge in [0.1, 0.15) is 18.3 Å². The van der Waals surface area contributed by atoms with Gasteiger partial charge in [-0.05, 0) is 44.9 Å². The van der Waals surface area contributed by atoms with E-state index in [9.17, 15) is 9.59 Å². The first-order valence-electron chi connectivity index (χ1n) is 11.9. The number of fused-ring (bicyclic) bond motifs is 1. The predicted molar refractivity (Wildman–Crippen MR) is 124 cm³/mol. The SMILES string of the molecule is COc1ccccc1C1c2cccn2CCN1C(=O)CN(C(=O)C1CCCCC1)C(C)C. The summed E-state index contributed by atoms with van der Waals surface area (Å²) >= 11 is 0. The van der Waals surface area contributed by atoms with Crippen molar-refractivity contribution in [3.05, 3.63) is 53.9 Å². The number of carbonyl (C=O) groups excluding carboxylic acids is 2. The second kappa shape index (κ2) is 9.80. The molecule has 0 radical (unpaired) electrons. The molecule has 1 aliphatic carbocycles. The molecule has 1 aromatic heterocycles. The highest BCUT2D eigenvalue weighted by Crippen LogP contribution is 2.37. The van der Waals surface area contributed by atoms with E-state index in [2.05, 4.69) is 16.8 Å². The van der Waals surface area contributed by atoms with Crippen LogP contribution < -0.4 is 4.74 Å². The van der Waals surface area contributed by atoms with Crippen LogP contribution in [0.5, 0.6) is 5.75 Å². The third-order valence-corrected chi connectivity index (χ3v) is 6.96. The van der Waals surface area contributed by atoms with Crippen molar-refractivity contribution in [3.63, 3.8) is 0 Å². The van der Waals surface area contributed by atoms with Gasteiger partial charge in [0, 0.05) is 42.5 Å². The van der Waals surface area contributed by atoms with Gasteiger partial charge < -0.3 is 19.1 Å². The van der Waals surface area contributed by atoms with Gasteiger partial charge in [0.25, 0.3) is 0 Å². The van der Waals surface area contributed by atoms with E-state index in [-0.39, 0.29) is 36.4 Å². The van der Waals surface area contributed by atoms with E-state index in [1.165, 1.54) is 6.42 Å². The predicted octanol–water partition coefficient (Wildman–Crippen LogP) is 4.25. The molecule has 6 nitrogen and oxygen atoms in total. The van der Waals surface area contributed by atoms with Gasteiger partial charge in [0.05, 0.1) is 7.11 Å². The molecule has 1 aliphatic heterocycles. The van der Waals surface area contributed by atoms with Gasteiger partial charge in [-0.3, -0.25) is 9.59 Å². The van der Waals surface area contributed by atoms with Crippen molar-refractivity contribution >= 4 is 11.8 Å². The second-order valence-electron chi connectivity index (χ2n) is 9.25. The molecule has 1 unspecified atom stereocenters. The largest absolute Gasteiger partial charge is 0.496 e. The lowest BCUT2D eigenvalue weighted by molar-refractivity contribution is -0.146. The molecule has 0 N–H and O–H groups in total. The van der Waals surface area contributed by atoms with Crippen LogP contribution in [-0.4, -0.2) is 52.4 Å². The number of nitrogens with zero attached hydrogens (tertiary/aromatic N) is 3. The lowest BCUT2D eigenvalue weighted by Gasteiger charge is -2.40. The zero-order valence-electron chi connectivity index (χ0n) is 19.5. The van der Waals surface area contributed by atoms with Gasteiger partial charge >= 0.3 is 0 Å². The Morgan fingerprint density at radius 1 is 1.06 bits per heavy atom. The summed E-state index contributed by atoms with van der Waals surface area (Å²) in [6, 6.07) is 11.7. The highest BCUT2D eigenvalue weighted by atomic mass is 16.5. The standard InChI is InChI=1S/C26H35N3O3/c1-19(2)29(26(31)20-10-5-4-6-11-20)18-24(30)28-17-16-27-15-9-13-22(27)25(28)21-12-7-8-14-23(21)32-3/h7-9,12-15,19-20,25H,4-6,10-11,16-18H2,1-3H3. The zero-order valence-corrected chi connectivity index (χ0v) is 19.5. The van der Waals surface area contributed by atoms with Gasteiger partial charge in [0.2, 0.25) is 11.8 Å². The summed E-state index contributed by atoms with van der Waals surface area (Å²) in [5.74, 6) is 0.958. The van der Waals surface area contributed by atoms with Crippen molar-refractivity contribution in [1.82, 2.24) is 14.4 Å². The van der Waals surface area contributed by atoms with Crippen LogP contribution in [0.3, 0.4) is 0 Å². The normalized spacial score (nSPS) is 19.0. The highest BCUT2D eigenvalue weighted by molar-refractivity contribution is 5.86. The van der Waals surface area contributed by atoms with E-state index in [0.717, 1.165) is 49.2 Å². The van der Waals surface area contributed by atoms with Crippen molar-refractivity contribution in [2.75, 3.05) is 20.2 Å². The number of ether oxygens (including phenoxy) is 1. The maximum atomic E-state index is 13.7. The van der Waals surface area contributed by atoms with Gasteiger partial charge in [-0.2, -0.15) is 0 Å². The molecular weight excluding hydrogens is 402 g/mol. The zero-order chi connectivity index (χ0) is 22.7. The van der Waals surface area contributed by atoms with Gasteiger partial charge in [-0.25, -0.2) is 0 Å². The summed E-state index contributed by atoms with van der Waals surface area (Å²) in [4.78, 5) is 30.7. The Morgan fingerprint density at radius 2 is 1.81 bits per heavy atom. The average Bonchev–Trinajstić information content (AvgIpc) is 3.30. The first-order chi connectivity index (χ1) is 15.5. The van der Waals surface area contributed by atoms with Crippen LogP contribution in [0.1, 0.15) is 63.3 Å². The van der Waals surface area contributed by atoms with Gasteiger partial charge in [0.15, 0.2) is 0 Å². The number of carbonyl (C=O) groups is 2. The number of methoxy groups -OCH3 is 1. The van der Waals surface area contributed by atoms with Crippen LogP contribution in [0, 0.1) is 5.92 Å². The lowest BCUT2D eigenvalue weighted by atomic mass is 9.88. The second-order valence-corrected chi connectivity index (χ2v) is 9.25. The molecule has 172 valence electrons. The smallest absolute Gasteiger partial charge is 0.243 e. The summed E-state index contributed by atoms with van der Waals surface area (Å²) in [5, 5.41) is 0. The Labute approximate surface area is 191 Å². The van der Waals surface area contributed by atoms with Crippen molar-refractivity contribution in [2.45, 2.75) is 64.6 Å². The minimum atomic E-state index is -0.235. The van der Waals surface area contributed by atoms with Crippen molar-refractivity contribution in [2.24, 2.45) is 5.92 Å². The molecule has 1 fully saturated rings. The fourth-order valence-electron chi connectivity index (χ4n) is 5.21. The quantitative estimate of drug-likeness (QED) is 0.679. The van der Waals surface area contributed by atoms with E-state index in [1.807, 2.05) is 49.1 Å². The molecule has 1 aromatic carbocycles. The molecule has 0 spiro atoms. The van der Waals surface area contributed by atoms with Crippen LogP contribution >= 0.6 is 0 Å². The Morgan fingerprint density at radius 3 is 2.53 bits per heavy atom. The number of benzene rings is 1. The number of para-hydroxylation sites is 1. The molecule has 6 heteroatoms. The Bertz CT molecular complexity index is 945. The van der Waals surface area contributed by atoms with E-state index < -0.39 is 0 Å². The van der Waals surface area contributed by atoms with Gasteiger partial charge in [-0.15, -0.1) is 0 Å². The van der Waals surface area contributed by atoms with E-state index in [1.54, 1.807) is 12.0 Å². The monoisotopic (exact) mass is 437 g/mol. The van der Waals surface area contributed by atoms with Crippen LogP contribution in [0.15, 0.2) is 42.6 Å². The number of hydrogen-bond donors (Lipinski definition) is 0. The molecule has 2 aromatic rings. The van der Waals surface area contributed by atoms with Crippen LogP contribution in [0.25, 0.3) is 0 Å². The Balaban J connectivity index is 1.61. The lowest BCUT2D eigenvalue weighted by Crippen LogP contribution is -2.50. The van der Waals surface area contributed by atoms with Crippen molar-refractivity contribution < 1.29 is 14.3 Å². The summed E-state index contributed by atoms with van der Waals surface area (Å²) in [5.41, 5.74) is 2.04. The van der Waals surface area contributed by atoms with Crippen molar-refractivity contribution in [3.8, 4) is 5.75 Å². The highest BCUT2D eigenvalue weighted by Gasteiger charge is 2.36. The molecule has 32 heavy (non-hydrogen) atoms. The fourth-order valence-corrected chi connectivity index (χ4v) is 5.21. The van der Waals surface area contributed by atoms with E-state index in [4.69, 9.17) is 4.74 Å². The van der Waals surface area contributed by atoms with E-state index >= 15 is 0 Å². The molecular formula is C26H35N3O3. The summed E-state index contributed by atoms with van der Waals surface area (Å²) in [6.45, 7) is 5.49. The average molecular weight is 438 g/mol. The third-order valence-electron chi connectivity index (χ3n) is 6.96. The molecule has 2 aliphatic rings. The Kier molecular flexibility index (Phi) is 6.87. The summed E-state index contributed by atoms with van der Waals surface area (Å²) in [6.07, 6.45) is 7.37. The third kappa shape index (κ3) is 4.41. The fraction of sp³-hybridized carbons (Fsp3) is 0.538. The summed E-state index contributed by atoms with van der Waals surface area (Å²) < 4.78 is 7.85. The van der Waals surface area contributed by atoms with Crippen LogP contribution in [0.4, 0.5) is 0 Å². The van der Waals surface area contributed by atoms with Crippen LogP contribution in [0.2, 0.25) is 0 Å². The molecule has 1 atom stereocenters. The number of aromatic nitrogens is 1. The van der Waals surface area contributed by atoms with Crippen LogP contribution in [-0.2, 0) is 16.1 Å². The molecule has 0 saturated heterocycles. The first kappa shape index (κ1) is 22.4. The topological polar surface area (TPSA) is 54.8 Å². The molecule has 1 saturated carbocycles. The molecule has 2 heterocycles.